The monoisotopic (exact) mass is 270 g/mol. The number of piperidine rings is 1. The molecular weight excluding hydrogens is 244 g/mol. The van der Waals surface area contributed by atoms with Gasteiger partial charge in [0, 0.05) is 25.0 Å². The molecule has 5 heteroatoms. The third kappa shape index (κ3) is 4.20. The Hall–Kier alpha value is -1.10. The highest BCUT2D eigenvalue weighted by Crippen LogP contribution is 2.34. The zero-order valence-corrected chi connectivity index (χ0v) is 12.4. The van der Waals surface area contributed by atoms with E-state index in [0.717, 1.165) is 12.8 Å². The lowest BCUT2D eigenvalue weighted by Gasteiger charge is -2.40. The lowest BCUT2D eigenvalue weighted by atomic mass is 9.74. The summed E-state index contributed by atoms with van der Waals surface area (Å²) < 4.78 is 0. The molecule has 1 heterocycles. The van der Waals surface area contributed by atoms with Crippen LogP contribution in [0.2, 0.25) is 0 Å². The van der Waals surface area contributed by atoms with Crippen molar-refractivity contribution in [2.45, 2.75) is 52.5 Å². The Balaban J connectivity index is 2.70. The molecule has 0 aromatic heterocycles. The molecule has 0 bridgehead atoms. The average molecular weight is 270 g/mol. The largest absolute Gasteiger partial charge is 0.481 e. The Morgan fingerprint density at radius 2 is 1.89 bits per heavy atom. The van der Waals surface area contributed by atoms with Gasteiger partial charge in [0.1, 0.15) is 0 Å². The second kappa shape index (κ2) is 5.49. The summed E-state index contributed by atoms with van der Waals surface area (Å²) in [5, 5.41) is 9.28. The number of likely N-dealkylation sites (tertiary alicyclic amines) is 1. The number of carbonyl (C=O) groups is 2. The Kier molecular flexibility index (Phi) is 4.61. The SMILES string of the molecule is CC(C)(N)CC(=O)N1CCCC(C(C)(C)C(=O)O)C1. The highest BCUT2D eigenvalue weighted by Gasteiger charge is 2.40. The maximum absolute atomic E-state index is 12.2. The number of aliphatic carboxylic acids is 1. The molecule has 110 valence electrons. The van der Waals surface area contributed by atoms with E-state index in [0.29, 0.717) is 19.5 Å². The van der Waals surface area contributed by atoms with Gasteiger partial charge in [-0.2, -0.15) is 0 Å². The molecule has 3 N–H and O–H groups in total. The van der Waals surface area contributed by atoms with Gasteiger partial charge < -0.3 is 15.7 Å². The van der Waals surface area contributed by atoms with Gasteiger partial charge in [-0.05, 0) is 46.5 Å². The Morgan fingerprint density at radius 3 is 2.37 bits per heavy atom. The van der Waals surface area contributed by atoms with E-state index in [-0.39, 0.29) is 11.8 Å². The van der Waals surface area contributed by atoms with Crippen LogP contribution < -0.4 is 5.73 Å². The Labute approximate surface area is 115 Å². The summed E-state index contributed by atoms with van der Waals surface area (Å²) in [4.78, 5) is 25.2. The van der Waals surface area contributed by atoms with Crippen molar-refractivity contribution in [1.82, 2.24) is 4.90 Å². The first-order valence-corrected chi connectivity index (χ1v) is 6.84. The summed E-state index contributed by atoms with van der Waals surface area (Å²) in [6.45, 7) is 8.36. The third-order valence-corrected chi connectivity index (χ3v) is 3.95. The molecule has 0 radical (unpaired) electrons. The summed E-state index contributed by atoms with van der Waals surface area (Å²) in [5.74, 6) is -0.770. The van der Waals surface area contributed by atoms with Crippen molar-refractivity contribution in [3.05, 3.63) is 0 Å². The topological polar surface area (TPSA) is 83.6 Å². The van der Waals surface area contributed by atoms with Crippen molar-refractivity contribution in [2.75, 3.05) is 13.1 Å². The second-order valence-corrected chi connectivity index (χ2v) is 6.87. The Bertz CT molecular complexity index is 358. The first-order chi connectivity index (χ1) is 8.54. The van der Waals surface area contributed by atoms with Crippen LogP contribution in [0.5, 0.6) is 0 Å². The van der Waals surface area contributed by atoms with Crippen molar-refractivity contribution in [2.24, 2.45) is 17.1 Å². The van der Waals surface area contributed by atoms with Gasteiger partial charge in [-0.25, -0.2) is 0 Å². The number of amides is 1. The molecule has 0 spiro atoms. The maximum Gasteiger partial charge on any atom is 0.309 e. The van der Waals surface area contributed by atoms with Crippen molar-refractivity contribution in [3.63, 3.8) is 0 Å². The minimum atomic E-state index is -0.800. The summed E-state index contributed by atoms with van der Waals surface area (Å²) in [5.41, 5.74) is 4.55. The zero-order valence-electron chi connectivity index (χ0n) is 12.4. The first kappa shape index (κ1) is 16.0. The number of carboxylic acids is 1. The summed E-state index contributed by atoms with van der Waals surface area (Å²) in [6.07, 6.45) is 2.01. The van der Waals surface area contributed by atoms with E-state index in [4.69, 9.17) is 5.73 Å². The molecule has 1 atom stereocenters. The number of hydrogen-bond acceptors (Lipinski definition) is 3. The number of hydrogen-bond donors (Lipinski definition) is 2. The molecule has 1 saturated heterocycles. The van der Waals surface area contributed by atoms with Crippen LogP contribution in [-0.4, -0.2) is 40.5 Å². The van der Waals surface area contributed by atoms with Crippen LogP contribution >= 0.6 is 0 Å². The van der Waals surface area contributed by atoms with E-state index in [2.05, 4.69) is 0 Å². The van der Waals surface area contributed by atoms with Gasteiger partial charge >= 0.3 is 5.97 Å². The number of nitrogens with zero attached hydrogens (tertiary/aromatic N) is 1. The van der Waals surface area contributed by atoms with Gasteiger partial charge in [-0.3, -0.25) is 9.59 Å². The maximum atomic E-state index is 12.2. The minimum absolute atomic E-state index is 0.00332. The van der Waals surface area contributed by atoms with E-state index in [9.17, 15) is 14.7 Å². The zero-order chi connectivity index (χ0) is 14.8. The molecule has 1 aliphatic heterocycles. The Morgan fingerprint density at radius 1 is 1.32 bits per heavy atom. The molecule has 0 aromatic carbocycles. The fourth-order valence-corrected chi connectivity index (χ4v) is 2.47. The van der Waals surface area contributed by atoms with Gasteiger partial charge in [0.15, 0.2) is 0 Å². The number of carbonyl (C=O) groups excluding carboxylic acids is 1. The smallest absolute Gasteiger partial charge is 0.309 e. The molecule has 5 nitrogen and oxygen atoms in total. The van der Waals surface area contributed by atoms with E-state index in [1.165, 1.54) is 0 Å². The van der Waals surface area contributed by atoms with Gasteiger partial charge in [0.05, 0.1) is 5.41 Å². The molecule has 0 aliphatic carbocycles. The van der Waals surface area contributed by atoms with E-state index >= 15 is 0 Å². The third-order valence-electron chi connectivity index (χ3n) is 3.95. The normalized spacial score (nSPS) is 21.3. The molecule has 1 aliphatic rings. The number of nitrogens with two attached hydrogens (primary N) is 1. The molecule has 1 rings (SSSR count). The van der Waals surface area contributed by atoms with Crippen molar-refractivity contribution in [3.8, 4) is 0 Å². The van der Waals surface area contributed by atoms with E-state index < -0.39 is 16.9 Å². The molecule has 1 fully saturated rings. The fraction of sp³-hybridized carbons (Fsp3) is 0.857. The molecular formula is C14H26N2O3. The van der Waals surface area contributed by atoms with Crippen molar-refractivity contribution < 1.29 is 14.7 Å². The predicted molar refractivity (Wildman–Crippen MR) is 73.6 cm³/mol. The van der Waals surface area contributed by atoms with Gasteiger partial charge in [-0.15, -0.1) is 0 Å². The molecule has 19 heavy (non-hydrogen) atoms. The lowest BCUT2D eigenvalue weighted by Crippen LogP contribution is -2.49. The van der Waals surface area contributed by atoms with Crippen LogP contribution in [-0.2, 0) is 9.59 Å². The van der Waals surface area contributed by atoms with Gasteiger partial charge in [0.2, 0.25) is 5.91 Å². The minimum Gasteiger partial charge on any atom is -0.481 e. The van der Waals surface area contributed by atoms with E-state index in [1.807, 2.05) is 13.8 Å². The van der Waals surface area contributed by atoms with E-state index in [1.54, 1.807) is 18.7 Å². The highest BCUT2D eigenvalue weighted by molar-refractivity contribution is 5.78. The highest BCUT2D eigenvalue weighted by atomic mass is 16.4. The number of rotatable bonds is 4. The predicted octanol–water partition coefficient (Wildman–Crippen LogP) is 1.46. The first-order valence-electron chi connectivity index (χ1n) is 6.84. The van der Waals surface area contributed by atoms with Crippen LogP contribution in [0, 0.1) is 11.3 Å². The van der Waals surface area contributed by atoms with Crippen molar-refractivity contribution >= 4 is 11.9 Å². The standard InChI is InChI=1S/C14H26N2O3/c1-13(2,15)8-11(17)16-7-5-6-10(9-16)14(3,4)12(18)19/h10H,5-9,15H2,1-4H3,(H,18,19). The average Bonchev–Trinajstić information content (AvgIpc) is 2.26. The van der Waals surface area contributed by atoms with Crippen LogP contribution in [0.15, 0.2) is 0 Å². The summed E-state index contributed by atoms with van der Waals surface area (Å²) >= 11 is 0. The molecule has 1 unspecified atom stereocenters. The number of carboxylic acid groups (broad SMARTS) is 1. The van der Waals surface area contributed by atoms with Gasteiger partial charge in [-0.1, -0.05) is 0 Å². The van der Waals surface area contributed by atoms with Crippen LogP contribution in [0.1, 0.15) is 47.0 Å². The van der Waals surface area contributed by atoms with Crippen LogP contribution in [0.25, 0.3) is 0 Å². The second-order valence-electron chi connectivity index (χ2n) is 6.87. The van der Waals surface area contributed by atoms with Gasteiger partial charge in [0.25, 0.3) is 0 Å². The molecule has 0 aromatic rings. The fourth-order valence-electron chi connectivity index (χ4n) is 2.47. The van der Waals surface area contributed by atoms with Crippen LogP contribution in [0.3, 0.4) is 0 Å². The molecule has 0 saturated carbocycles. The van der Waals surface area contributed by atoms with Crippen LogP contribution in [0.4, 0.5) is 0 Å². The summed E-state index contributed by atoms with van der Waals surface area (Å²) in [7, 11) is 0. The summed E-state index contributed by atoms with van der Waals surface area (Å²) in [6, 6.07) is 0. The lowest BCUT2D eigenvalue weighted by molar-refractivity contribution is -0.153. The van der Waals surface area contributed by atoms with Crippen molar-refractivity contribution in [1.29, 1.82) is 0 Å². The molecule has 1 amide bonds. The quantitative estimate of drug-likeness (QED) is 0.810.